The van der Waals surface area contributed by atoms with Crippen molar-refractivity contribution in [2.75, 3.05) is 7.11 Å². The topological polar surface area (TPSA) is 66.8 Å². The Kier molecular flexibility index (Phi) is 4.10. The van der Waals surface area contributed by atoms with Crippen LogP contribution in [0.25, 0.3) is 0 Å². The molecular formula is C11H13FO4. The maximum Gasteiger partial charge on any atom is 0.303 e. The average molecular weight is 228 g/mol. The molecule has 0 heterocycles. The number of aliphatic carboxylic acids is 1. The Morgan fingerprint density at radius 3 is 2.69 bits per heavy atom. The van der Waals surface area contributed by atoms with E-state index >= 15 is 0 Å². The number of hydrogen-bond donors (Lipinski definition) is 2. The quantitative estimate of drug-likeness (QED) is 0.808. The summed E-state index contributed by atoms with van der Waals surface area (Å²) in [6.45, 7) is 0. The van der Waals surface area contributed by atoms with E-state index in [1.807, 2.05) is 0 Å². The molecule has 0 aliphatic carbocycles. The van der Waals surface area contributed by atoms with Crippen LogP contribution in [0.2, 0.25) is 0 Å². The molecule has 0 radical (unpaired) electrons. The van der Waals surface area contributed by atoms with Gasteiger partial charge in [0.1, 0.15) is 0 Å². The molecule has 1 aromatic rings. The summed E-state index contributed by atoms with van der Waals surface area (Å²) in [6, 6.07) is 2.62. The number of methoxy groups -OCH3 is 1. The summed E-state index contributed by atoms with van der Waals surface area (Å²) in [5.41, 5.74) is 0.553. The van der Waals surface area contributed by atoms with E-state index < -0.39 is 11.8 Å². The minimum absolute atomic E-state index is 0.0222. The minimum atomic E-state index is -0.891. The number of halogens is 1. The number of hydrogen-bond acceptors (Lipinski definition) is 3. The third-order valence-corrected chi connectivity index (χ3v) is 2.14. The van der Waals surface area contributed by atoms with Gasteiger partial charge < -0.3 is 14.9 Å². The van der Waals surface area contributed by atoms with Crippen molar-refractivity contribution < 1.29 is 24.1 Å². The van der Waals surface area contributed by atoms with Gasteiger partial charge in [-0.25, -0.2) is 4.39 Å². The van der Waals surface area contributed by atoms with Gasteiger partial charge in [-0.1, -0.05) is 0 Å². The van der Waals surface area contributed by atoms with E-state index in [1.54, 1.807) is 0 Å². The minimum Gasteiger partial charge on any atom is -0.504 e. The molecule has 2 N–H and O–H groups in total. The van der Waals surface area contributed by atoms with E-state index in [-0.39, 0.29) is 17.9 Å². The van der Waals surface area contributed by atoms with Gasteiger partial charge in [0.05, 0.1) is 7.11 Å². The lowest BCUT2D eigenvalue weighted by Gasteiger charge is -2.07. The first-order valence-electron chi connectivity index (χ1n) is 4.81. The monoisotopic (exact) mass is 228 g/mol. The fourth-order valence-corrected chi connectivity index (χ4v) is 1.42. The first-order valence-corrected chi connectivity index (χ1v) is 4.81. The molecule has 1 rings (SSSR count). The van der Waals surface area contributed by atoms with Crippen molar-refractivity contribution in [3.63, 3.8) is 0 Å². The van der Waals surface area contributed by atoms with E-state index in [9.17, 15) is 14.3 Å². The number of phenolic OH excluding ortho intramolecular Hbond substituents is 1. The average Bonchev–Trinajstić information content (AvgIpc) is 2.16. The zero-order valence-electron chi connectivity index (χ0n) is 8.86. The molecule has 0 fully saturated rings. The molecule has 5 heteroatoms. The fraction of sp³-hybridized carbons (Fsp3) is 0.364. The molecule has 0 aliphatic rings. The summed E-state index contributed by atoms with van der Waals surface area (Å²) in [7, 11) is 1.27. The van der Waals surface area contributed by atoms with E-state index in [2.05, 4.69) is 4.74 Å². The van der Waals surface area contributed by atoms with Crippen LogP contribution in [-0.2, 0) is 11.2 Å². The van der Waals surface area contributed by atoms with Gasteiger partial charge in [0, 0.05) is 6.42 Å². The Hall–Kier alpha value is -1.78. The van der Waals surface area contributed by atoms with Crippen molar-refractivity contribution in [3.8, 4) is 11.5 Å². The molecule has 16 heavy (non-hydrogen) atoms. The highest BCUT2D eigenvalue weighted by atomic mass is 19.1. The highest BCUT2D eigenvalue weighted by molar-refractivity contribution is 5.66. The van der Waals surface area contributed by atoms with Crippen LogP contribution >= 0.6 is 0 Å². The van der Waals surface area contributed by atoms with Crippen molar-refractivity contribution >= 4 is 5.97 Å². The normalized spacial score (nSPS) is 10.1. The number of ether oxygens (including phenoxy) is 1. The Morgan fingerprint density at radius 1 is 1.50 bits per heavy atom. The molecule has 0 bridgehead atoms. The highest BCUT2D eigenvalue weighted by Crippen LogP contribution is 2.30. The number of rotatable bonds is 5. The Balaban J connectivity index is 2.72. The summed E-state index contributed by atoms with van der Waals surface area (Å²) in [6.07, 6.45) is 0.829. The summed E-state index contributed by atoms with van der Waals surface area (Å²) in [4.78, 5) is 10.3. The first kappa shape index (κ1) is 12.3. The maximum atomic E-state index is 13.3. The summed E-state index contributed by atoms with van der Waals surface area (Å²) in [5, 5.41) is 17.8. The molecule has 0 unspecified atom stereocenters. The molecule has 88 valence electrons. The van der Waals surface area contributed by atoms with Crippen LogP contribution < -0.4 is 4.74 Å². The van der Waals surface area contributed by atoms with Crippen LogP contribution in [0.1, 0.15) is 18.4 Å². The number of benzene rings is 1. The van der Waals surface area contributed by atoms with Crippen molar-refractivity contribution in [1.29, 1.82) is 0 Å². The van der Waals surface area contributed by atoms with Crippen LogP contribution in [0.5, 0.6) is 11.5 Å². The van der Waals surface area contributed by atoms with Crippen LogP contribution in [0.3, 0.4) is 0 Å². The molecule has 0 atom stereocenters. The molecule has 0 saturated heterocycles. The maximum absolute atomic E-state index is 13.3. The van der Waals surface area contributed by atoms with Crippen LogP contribution in [0.15, 0.2) is 12.1 Å². The van der Waals surface area contributed by atoms with Gasteiger partial charge >= 0.3 is 5.97 Å². The zero-order chi connectivity index (χ0) is 12.1. The Bertz CT molecular complexity index is 367. The van der Waals surface area contributed by atoms with Crippen LogP contribution in [-0.4, -0.2) is 23.3 Å². The largest absolute Gasteiger partial charge is 0.504 e. The Labute approximate surface area is 92.3 Å². The van der Waals surface area contributed by atoms with E-state index in [1.165, 1.54) is 19.2 Å². The zero-order valence-corrected chi connectivity index (χ0v) is 8.86. The third kappa shape index (κ3) is 3.12. The van der Waals surface area contributed by atoms with Gasteiger partial charge in [-0.3, -0.25) is 4.79 Å². The van der Waals surface area contributed by atoms with Gasteiger partial charge in [0.25, 0.3) is 0 Å². The summed E-state index contributed by atoms with van der Waals surface area (Å²) >= 11 is 0. The standard InChI is InChI=1S/C11H13FO4/c1-16-11-8(12)5-7(6-9(11)13)3-2-4-10(14)15/h5-6,13H,2-4H2,1H3,(H,14,15). The second-order valence-electron chi connectivity index (χ2n) is 3.38. The second-order valence-corrected chi connectivity index (χ2v) is 3.38. The lowest BCUT2D eigenvalue weighted by molar-refractivity contribution is -0.137. The number of carboxylic acid groups (broad SMARTS) is 1. The summed E-state index contributed by atoms with van der Waals surface area (Å²) < 4.78 is 18.0. The molecule has 4 nitrogen and oxygen atoms in total. The van der Waals surface area contributed by atoms with Gasteiger partial charge in [0.15, 0.2) is 17.3 Å². The number of carboxylic acids is 1. The molecule has 0 saturated carbocycles. The lowest BCUT2D eigenvalue weighted by Crippen LogP contribution is -1.97. The lowest BCUT2D eigenvalue weighted by atomic mass is 10.1. The van der Waals surface area contributed by atoms with Gasteiger partial charge in [-0.2, -0.15) is 0 Å². The van der Waals surface area contributed by atoms with Crippen molar-refractivity contribution in [2.45, 2.75) is 19.3 Å². The number of carbonyl (C=O) groups is 1. The number of aromatic hydroxyl groups is 1. The molecule has 0 amide bonds. The third-order valence-electron chi connectivity index (χ3n) is 2.14. The first-order chi connectivity index (χ1) is 7.54. The molecule has 0 spiro atoms. The predicted octanol–water partition coefficient (Wildman–Crippen LogP) is 1.95. The molecule has 0 aliphatic heterocycles. The smallest absolute Gasteiger partial charge is 0.303 e. The van der Waals surface area contributed by atoms with Crippen LogP contribution in [0.4, 0.5) is 4.39 Å². The second kappa shape index (κ2) is 5.34. The highest BCUT2D eigenvalue weighted by Gasteiger charge is 2.10. The van der Waals surface area contributed by atoms with Gasteiger partial charge in [0.2, 0.25) is 0 Å². The molecule has 1 aromatic carbocycles. The Morgan fingerprint density at radius 2 is 2.19 bits per heavy atom. The predicted molar refractivity (Wildman–Crippen MR) is 55.2 cm³/mol. The van der Waals surface area contributed by atoms with E-state index in [4.69, 9.17) is 5.11 Å². The fourth-order valence-electron chi connectivity index (χ4n) is 1.42. The van der Waals surface area contributed by atoms with Crippen molar-refractivity contribution in [1.82, 2.24) is 0 Å². The van der Waals surface area contributed by atoms with E-state index in [0.717, 1.165) is 0 Å². The SMILES string of the molecule is COc1c(O)cc(CCCC(=O)O)cc1F. The molecule has 0 aromatic heterocycles. The number of phenols is 1. The van der Waals surface area contributed by atoms with Gasteiger partial charge in [-0.05, 0) is 30.5 Å². The molecular weight excluding hydrogens is 215 g/mol. The van der Waals surface area contributed by atoms with Gasteiger partial charge in [-0.15, -0.1) is 0 Å². The van der Waals surface area contributed by atoms with Crippen molar-refractivity contribution in [2.24, 2.45) is 0 Å². The summed E-state index contributed by atoms with van der Waals surface area (Å²) in [5.74, 6) is -2.00. The van der Waals surface area contributed by atoms with Crippen molar-refractivity contribution in [3.05, 3.63) is 23.5 Å². The van der Waals surface area contributed by atoms with E-state index in [0.29, 0.717) is 18.4 Å². The van der Waals surface area contributed by atoms with Crippen LogP contribution in [0, 0.1) is 5.82 Å². The number of aryl methyl sites for hydroxylation is 1.